The first-order chi connectivity index (χ1) is 7.84. The van der Waals surface area contributed by atoms with Gasteiger partial charge in [-0.1, -0.05) is 0 Å². The molecular weight excluding hydrogens is 211 g/mol. The highest BCUT2D eigenvalue weighted by molar-refractivity contribution is 5.00. The van der Waals surface area contributed by atoms with Crippen molar-refractivity contribution in [3.63, 3.8) is 0 Å². The number of nitrogens with one attached hydrogen (secondary N) is 1. The van der Waals surface area contributed by atoms with E-state index in [1.165, 1.54) is 0 Å². The van der Waals surface area contributed by atoms with E-state index in [4.69, 9.17) is 4.74 Å². The molecule has 3 heterocycles. The summed E-state index contributed by atoms with van der Waals surface area (Å²) in [6, 6.07) is -0.200. The summed E-state index contributed by atoms with van der Waals surface area (Å²) in [5, 5.41) is 11.4. The minimum absolute atomic E-state index is 0.200. The van der Waals surface area contributed by atoms with Crippen LogP contribution in [-0.4, -0.2) is 40.2 Å². The van der Waals surface area contributed by atoms with E-state index in [0.29, 0.717) is 13.2 Å². The summed E-state index contributed by atoms with van der Waals surface area (Å²) in [5.41, 5.74) is 0. The molecule has 3 rings (SSSR count). The van der Waals surface area contributed by atoms with Crippen LogP contribution in [-0.2, 0) is 24.2 Å². The van der Waals surface area contributed by atoms with Crippen molar-refractivity contribution in [2.45, 2.75) is 38.1 Å². The molecule has 0 radical (unpaired) electrons. The number of hydrogen-bond donors (Lipinski definition) is 1. The second kappa shape index (κ2) is 4.10. The Morgan fingerprint density at radius 3 is 3.19 bits per heavy atom. The van der Waals surface area contributed by atoms with Crippen molar-refractivity contribution in [2.75, 3.05) is 13.2 Å². The van der Waals surface area contributed by atoms with E-state index in [9.17, 15) is 4.39 Å². The summed E-state index contributed by atoms with van der Waals surface area (Å²) in [7, 11) is 0. The van der Waals surface area contributed by atoms with Crippen molar-refractivity contribution >= 4 is 0 Å². The maximum absolute atomic E-state index is 13.3. The second-order valence-corrected chi connectivity index (χ2v) is 4.33. The van der Waals surface area contributed by atoms with E-state index in [2.05, 4.69) is 20.1 Å². The van der Waals surface area contributed by atoms with Gasteiger partial charge < -0.3 is 14.6 Å². The highest BCUT2D eigenvalue weighted by Gasteiger charge is 2.28. The van der Waals surface area contributed by atoms with E-state index in [1.807, 2.05) is 0 Å². The largest absolute Gasteiger partial charge is 0.377 e. The number of fused-ring (bicyclic) bond motifs is 1. The lowest BCUT2D eigenvalue weighted by molar-refractivity contribution is 0.172. The van der Waals surface area contributed by atoms with Crippen molar-refractivity contribution in [1.82, 2.24) is 20.1 Å². The first kappa shape index (κ1) is 10.2. The Kier molecular flexibility index (Phi) is 2.61. The number of hydrogen-bond acceptors (Lipinski definition) is 4. The summed E-state index contributed by atoms with van der Waals surface area (Å²) in [6.45, 7) is 2.21. The molecule has 0 aliphatic carbocycles. The fourth-order valence-electron chi connectivity index (χ4n) is 2.28. The second-order valence-electron chi connectivity index (χ2n) is 4.33. The van der Waals surface area contributed by atoms with E-state index in [0.717, 1.165) is 31.0 Å². The van der Waals surface area contributed by atoms with Gasteiger partial charge in [-0.2, -0.15) is 0 Å². The first-order valence-corrected chi connectivity index (χ1v) is 5.71. The molecule has 1 aromatic heterocycles. The molecule has 88 valence electrons. The molecule has 1 saturated heterocycles. The molecule has 2 aliphatic rings. The normalized spacial score (nSPS) is 28.6. The van der Waals surface area contributed by atoms with Gasteiger partial charge in [0.25, 0.3) is 0 Å². The Hall–Kier alpha value is -1.01. The molecule has 0 saturated carbocycles. The Balaban J connectivity index is 1.62. The van der Waals surface area contributed by atoms with Crippen LogP contribution in [0.4, 0.5) is 4.39 Å². The predicted molar refractivity (Wildman–Crippen MR) is 54.7 cm³/mol. The molecule has 0 bridgehead atoms. The topological polar surface area (TPSA) is 52.0 Å². The molecule has 0 aromatic carbocycles. The minimum Gasteiger partial charge on any atom is -0.377 e. The van der Waals surface area contributed by atoms with Crippen LogP contribution < -0.4 is 5.32 Å². The molecule has 2 aliphatic heterocycles. The van der Waals surface area contributed by atoms with E-state index in [1.54, 1.807) is 0 Å². The van der Waals surface area contributed by atoms with Gasteiger partial charge in [0.2, 0.25) is 0 Å². The third-order valence-corrected chi connectivity index (χ3v) is 3.22. The van der Waals surface area contributed by atoms with Gasteiger partial charge in [-0.05, 0) is 6.42 Å². The zero-order valence-corrected chi connectivity index (χ0v) is 9.03. The average Bonchev–Trinajstić information content (AvgIpc) is 2.92. The maximum Gasteiger partial charge on any atom is 0.147 e. The lowest BCUT2D eigenvalue weighted by atomic mass is 10.2. The van der Waals surface area contributed by atoms with Crippen molar-refractivity contribution < 1.29 is 9.13 Å². The molecule has 2 unspecified atom stereocenters. The summed E-state index contributed by atoms with van der Waals surface area (Å²) in [6.07, 6.45) is 1.24. The Morgan fingerprint density at radius 1 is 1.44 bits per heavy atom. The number of aryl methyl sites for hydroxylation is 1. The number of halogens is 1. The predicted octanol–water partition coefficient (Wildman–Crippen LogP) is 0.0508. The average molecular weight is 226 g/mol. The van der Waals surface area contributed by atoms with Gasteiger partial charge in [0.05, 0.1) is 25.8 Å². The number of alkyl halides is 1. The van der Waals surface area contributed by atoms with Crippen LogP contribution in [0.2, 0.25) is 0 Å². The molecule has 0 amide bonds. The van der Waals surface area contributed by atoms with Crippen LogP contribution >= 0.6 is 0 Å². The first-order valence-electron chi connectivity index (χ1n) is 5.71. The number of rotatable bonds is 3. The van der Waals surface area contributed by atoms with Crippen molar-refractivity contribution in [1.29, 1.82) is 0 Å². The molecular formula is C10H15FN4O. The van der Waals surface area contributed by atoms with Gasteiger partial charge in [-0.15, -0.1) is 10.2 Å². The molecule has 6 heteroatoms. The summed E-state index contributed by atoms with van der Waals surface area (Å²) >= 11 is 0. The van der Waals surface area contributed by atoms with Gasteiger partial charge in [0.1, 0.15) is 17.8 Å². The fourth-order valence-corrected chi connectivity index (χ4v) is 2.28. The van der Waals surface area contributed by atoms with Crippen LogP contribution in [0.25, 0.3) is 0 Å². The standard InChI is InChI=1S/C10H15FN4O/c11-7-5-16-6-8(7)12-4-10-14-13-9-2-1-3-15(9)10/h7-8,12H,1-6H2. The van der Waals surface area contributed by atoms with Crippen molar-refractivity contribution in [2.24, 2.45) is 0 Å². The third kappa shape index (κ3) is 1.72. The van der Waals surface area contributed by atoms with Crippen molar-refractivity contribution in [3.8, 4) is 0 Å². The van der Waals surface area contributed by atoms with Gasteiger partial charge in [0.15, 0.2) is 0 Å². The lowest BCUT2D eigenvalue weighted by Gasteiger charge is -2.12. The Bertz CT molecular complexity index is 381. The highest BCUT2D eigenvalue weighted by atomic mass is 19.1. The number of nitrogens with zero attached hydrogens (tertiary/aromatic N) is 3. The minimum atomic E-state index is -0.902. The highest BCUT2D eigenvalue weighted by Crippen LogP contribution is 2.15. The molecule has 0 spiro atoms. The van der Waals surface area contributed by atoms with Gasteiger partial charge in [-0.3, -0.25) is 0 Å². The van der Waals surface area contributed by atoms with E-state index < -0.39 is 6.17 Å². The van der Waals surface area contributed by atoms with Gasteiger partial charge in [-0.25, -0.2) is 4.39 Å². The molecule has 1 N–H and O–H groups in total. The molecule has 5 nitrogen and oxygen atoms in total. The summed E-state index contributed by atoms with van der Waals surface area (Å²) in [5.74, 6) is 1.96. The van der Waals surface area contributed by atoms with Crippen LogP contribution in [0.5, 0.6) is 0 Å². The van der Waals surface area contributed by atoms with Crippen LogP contribution in [0, 0.1) is 0 Å². The molecule has 2 atom stereocenters. The van der Waals surface area contributed by atoms with Crippen molar-refractivity contribution in [3.05, 3.63) is 11.6 Å². The van der Waals surface area contributed by atoms with Crippen LogP contribution in [0.15, 0.2) is 0 Å². The SMILES string of the molecule is FC1COCC1NCc1nnc2n1CCC2. The van der Waals surface area contributed by atoms with E-state index >= 15 is 0 Å². The number of ether oxygens (including phenoxy) is 1. The zero-order chi connectivity index (χ0) is 11.0. The monoisotopic (exact) mass is 226 g/mol. The molecule has 1 fully saturated rings. The summed E-state index contributed by atoms with van der Waals surface area (Å²) < 4.78 is 20.4. The maximum atomic E-state index is 13.3. The smallest absolute Gasteiger partial charge is 0.147 e. The van der Waals surface area contributed by atoms with E-state index in [-0.39, 0.29) is 12.6 Å². The molecule has 1 aromatic rings. The van der Waals surface area contributed by atoms with Crippen LogP contribution in [0.3, 0.4) is 0 Å². The fraction of sp³-hybridized carbons (Fsp3) is 0.800. The Labute approximate surface area is 93.0 Å². The van der Waals surface area contributed by atoms with Crippen LogP contribution in [0.1, 0.15) is 18.1 Å². The van der Waals surface area contributed by atoms with Gasteiger partial charge in [0, 0.05) is 13.0 Å². The number of aromatic nitrogens is 3. The Morgan fingerprint density at radius 2 is 2.38 bits per heavy atom. The molecule has 16 heavy (non-hydrogen) atoms. The lowest BCUT2D eigenvalue weighted by Crippen LogP contribution is -2.36. The zero-order valence-electron chi connectivity index (χ0n) is 9.03. The van der Waals surface area contributed by atoms with Gasteiger partial charge >= 0.3 is 0 Å². The summed E-state index contributed by atoms with van der Waals surface area (Å²) in [4.78, 5) is 0. The quantitative estimate of drug-likeness (QED) is 0.791. The third-order valence-electron chi connectivity index (χ3n) is 3.22.